The number of carbonyl (C=O) groups is 1. The summed E-state index contributed by atoms with van der Waals surface area (Å²) in [6, 6.07) is 8.14. The smallest absolute Gasteiger partial charge is 0.305 e. The maximum atomic E-state index is 10.9. The van der Waals surface area contributed by atoms with Crippen LogP contribution in [-0.2, 0) is 9.53 Å². The number of hydrogen-bond donors (Lipinski definition) is 1. The number of benzene rings is 1. The number of nitrogens with one attached hydrogen (secondary N) is 1. The quantitative estimate of drug-likeness (QED) is 0.470. The summed E-state index contributed by atoms with van der Waals surface area (Å²) in [4.78, 5) is 12.1. The van der Waals surface area contributed by atoms with Gasteiger partial charge in [-0.1, -0.05) is 12.1 Å². The molecular formula is C12H17NO2S. The minimum Gasteiger partial charge on any atom is -0.469 e. The third-order valence-electron chi connectivity index (χ3n) is 2.21. The van der Waals surface area contributed by atoms with Crippen molar-refractivity contribution >= 4 is 23.4 Å². The van der Waals surface area contributed by atoms with E-state index in [1.807, 2.05) is 18.2 Å². The van der Waals surface area contributed by atoms with E-state index in [9.17, 15) is 4.79 Å². The van der Waals surface area contributed by atoms with E-state index in [4.69, 9.17) is 0 Å². The average molecular weight is 239 g/mol. The van der Waals surface area contributed by atoms with E-state index in [-0.39, 0.29) is 5.97 Å². The topological polar surface area (TPSA) is 38.3 Å². The standard InChI is InChI=1S/C12H17NO2S/c1-15-12(14)8-5-9-13-10-6-3-4-7-11(10)16-2/h3-4,6-7,13H,5,8-9H2,1-2H3. The average Bonchev–Trinajstić information content (AvgIpc) is 2.34. The fraction of sp³-hybridized carbons (Fsp3) is 0.417. The molecule has 0 aliphatic rings. The van der Waals surface area contributed by atoms with E-state index in [0.29, 0.717) is 6.42 Å². The normalized spacial score (nSPS) is 9.88. The largest absolute Gasteiger partial charge is 0.469 e. The van der Waals surface area contributed by atoms with Crippen LogP contribution in [0, 0.1) is 0 Å². The molecule has 1 aromatic carbocycles. The zero-order valence-corrected chi connectivity index (χ0v) is 10.5. The van der Waals surface area contributed by atoms with Gasteiger partial charge in [0.15, 0.2) is 0 Å². The van der Waals surface area contributed by atoms with Gasteiger partial charge in [-0.25, -0.2) is 0 Å². The molecular weight excluding hydrogens is 222 g/mol. The molecule has 0 saturated heterocycles. The van der Waals surface area contributed by atoms with Gasteiger partial charge in [-0.3, -0.25) is 4.79 Å². The van der Waals surface area contributed by atoms with E-state index >= 15 is 0 Å². The molecule has 0 amide bonds. The van der Waals surface area contributed by atoms with Gasteiger partial charge in [0.25, 0.3) is 0 Å². The fourth-order valence-corrected chi connectivity index (χ4v) is 1.92. The molecule has 0 unspecified atom stereocenters. The van der Waals surface area contributed by atoms with E-state index < -0.39 is 0 Å². The minimum atomic E-state index is -0.153. The van der Waals surface area contributed by atoms with Crippen LogP contribution in [0.4, 0.5) is 5.69 Å². The van der Waals surface area contributed by atoms with Gasteiger partial charge in [0.05, 0.1) is 7.11 Å². The third-order valence-corrected chi connectivity index (χ3v) is 3.00. The van der Waals surface area contributed by atoms with Gasteiger partial charge in [-0.2, -0.15) is 0 Å². The van der Waals surface area contributed by atoms with Crippen molar-refractivity contribution in [2.75, 3.05) is 25.2 Å². The summed E-state index contributed by atoms with van der Waals surface area (Å²) in [5, 5.41) is 3.32. The van der Waals surface area contributed by atoms with Crippen molar-refractivity contribution in [1.29, 1.82) is 0 Å². The van der Waals surface area contributed by atoms with Crippen molar-refractivity contribution in [2.24, 2.45) is 0 Å². The molecule has 1 rings (SSSR count). The molecule has 0 saturated carbocycles. The van der Waals surface area contributed by atoms with Gasteiger partial charge >= 0.3 is 5.97 Å². The maximum absolute atomic E-state index is 10.9. The predicted octanol–water partition coefficient (Wildman–Crippen LogP) is 2.77. The third kappa shape index (κ3) is 4.14. The van der Waals surface area contributed by atoms with Gasteiger partial charge in [0.1, 0.15) is 0 Å². The lowest BCUT2D eigenvalue weighted by Crippen LogP contribution is -2.06. The number of hydrogen-bond acceptors (Lipinski definition) is 4. The first kappa shape index (κ1) is 12.9. The van der Waals surface area contributed by atoms with Crippen LogP contribution < -0.4 is 5.32 Å². The first-order chi connectivity index (χ1) is 7.77. The SMILES string of the molecule is COC(=O)CCCNc1ccccc1SC. The summed E-state index contributed by atoms with van der Waals surface area (Å²) < 4.78 is 4.58. The Balaban J connectivity index is 2.34. The van der Waals surface area contributed by atoms with Crippen LogP contribution in [0.25, 0.3) is 0 Å². The summed E-state index contributed by atoms with van der Waals surface area (Å²) in [7, 11) is 1.42. The molecule has 0 radical (unpaired) electrons. The molecule has 0 aromatic heterocycles. The molecule has 3 nitrogen and oxygen atoms in total. The fourth-order valence-electron chi connectivity index (χ4n) is 1.35. The number of para-hydroxylation sites is 1. The Morgan fingerprint density at radius 1 is 1.44 bits per heavy atom. The molecule has 1 N–H and O–H groups in total. The zero-order valence-electron chi connectivity index (χ0n) is 9.66. The Bertz CT molecular complexity index is 342. The van der Waals surface area contributed by atoms with E-state index in [0.717, 1.165) is 18.7 Å². The Kier molecular flexibility index (Phi) is 5.78. The number of methoxy groups -OCH3 is 1. The second kappa shape index (κ2) is 7.17. The maximum Gasteiger partial charge on any atom is 0.305 e. The molecule has 0 aliphatic carbocycles. The molecule has 0 spiro atoms. The molecule has 0 heterocycles. The molecule has 0 atom stereocenters. The number of carbonyl (C=O) groups excluding carboxylic acids is 1. The van der Waals surface area contributed by atoms with Gasteiger partial charge < -0.3 is 10.1 Å². The van der Waals surface area contributed by atoms with E-state index in [1.54, 1.807) is 11.8 Å². The molecule has 0 bridgehead atoms. The molecule has 4 heteroatoms. The number of ether oxygens (including phenoxy) is 1. The molecule has 1 aromatic rings. The Morgan fingerprint density at radius 3 is 2.88 bits per heavy atom. The highest BCUT2D eigenvalue weighted by Gasteiger charge is 2.01. The molecule has 0 aliphatic heterocycles. The zero-order chi connectivity index (χ0) is 11.8. The monoisotopic (exact) mass is 239 g/mol. The van der Waals surface area contributed by atoms with E-state index in [1.165, 1.54) is 12.0 Å². The number of anilines is 1. The van der Waals surface area contributed by atoms with Crippen LogP contribution in [0.5, 0.6) is 0 Å². The molecule has 88 valence electrons. The summed E-state index contributed by atoms with van der Waals surface area (Å²) >= 11 is 1.71. The van der Waals surface area contributed by atoms with Crippen molar-refractivity contribution in [2.45, 2.75) is 17.7 Å². The Hall–Kier alpha value is -1.16. The summed E-state index contributed by atoms with van der Waals surface area (Å²) in [6.07, 6.45) is 3.30. The predicted molar refractivity (Wildman–Crippen MR) is 68.0 cm³/mol. The van der Waals surface area contributed by atoms with Crippen LogP contribution in [-0.4, -0.2) is 25.9 Å². The number of esters is 1. The minimum absolute atomic E-state index is 0.153. The highest BCUT2D eigenvalue weighted by atomic mass is 32.2. The number of rotatable bonds is 6. The summed E-state index contributed by atoms with van der Waals surface area (Å²) in [6.45, 7) is 0.784. The van der Waals surface area contributed by atoms with Gasteiger partial charge in [-0.15, -0.1) is 11.8 Å². The van der Waals surface area contributed by atoms with Crippen molar-refractivity contribution < 1.29 is 9.53 Å². The van der Waals surface area contributed by atoms with Crippen molar-refractivity contribution in [3.8, 4) is 0 Å². The lowest BCUT2D eigenvalue weighted by Gasteiger charge is -2.09. The second-order valence-corrected chi connectivity index (χ2v) is 4.15. The summed E-state index contributed by atoms with van der Waals surface area (Å²) in [5.74, 6) is -0.153. The first-order valence-corrected chi connectivity index (χ1v) is 6.44. The number of thioether (sulfide) groups is 1. The van der Waals surface area contributed by atoms with Crippen LogP contribution in [0.2, 0.25) is 0 Å². The Morgan fingerprint density at radius 2 is 2.19 bits per heavy atom. The van der Waals surface area contributed by atoms with Gasteiger partial charge in [0, 0.05) is 23.5 Å². The van der Waals surface area contributed by atoms with Crippen LogP contribution in [0.15, 0.2) is 29.2 Å². The van der Waals surface area contributed by atoms with Crippen molar-refractivity contribution in [1.82, 2.24) is 0 Å². The van der Waals surface area contributed by atoms with Gasteiger partial charge in [-0.05, 0) is 24.8 Å². The first-order valence-electron chi connectivity index (χ1n) is 5.21. The van der Waals surface area contributed by atoms with Crippen LogP contribution in [0.1, 0.15) is 12.8 Å². The second-order valence-electron chi connectivity index (χ2n) is 3.31. The van der Waals surface area contributed by atoms with Gasteiger partial charge in [0.2, 0.25) is 0 Å². The highest BCUT2D eigenvalue weighted by Crippen LogP contribution is 2.24. The highest BCUT2D eigenvalue weighted by molar-refractivity contribution is 7.98. The molecule has 0 fully saturated rings. The lowest BCUT2D eigenvalue weighted by atomic mass is 10.3. The van der Waals surface area contributed by atoms with Crippen LogP contribution >= 0.6 is 11.8 Å². The molecule has 16 heavy (non-hydrogen) atoms. The van der Waals surface area contributed by atoms with E-state index in [2.05, 4.69) is 22.4 Å². The van der Waals surface area contributed by atoms with Crippen molar-refractivity contribution in [3.63, 3.8) is 0 Å². The summed E-state index contributed by atoms with van der Waals surface area (Å²) in [5.41, 5.74) is 1.12. The Labute approximate surface area is 101 Å². The lowest BCUT2D eigenvalue weighted by molar-refractivity contribution is -0.140. The van der Waals surface area contributed by atoms with Crippen LogP contribution in [0.3, 0.4) is 0 Å². The van der Waals surface area contributed by atoms with Crippen molar-refractivity contribution in [3.05, 3.63) is 24.3 Å².